The van der Waals surface area contributed by atoms with Gasteiger partial charge in [-0.2, -0.15) is 0 Å². The van der Waals surface area contributed by atoms with Gasteiger partial charge in [0, 0.05) is 0 Å². The van der Waals surface area contributed by atoms with E-state index in [1.165, 1.54) is 128 Å². The van der Waals surface area contributed by atoms with E-state index >= 15 is 0 Å². The van der Waals surface area contributed by atoms with E-state index < -0.39 is 26.6 Å². The molecule has 0 aliphatic carbocycles. The van der Waals surface area contributed by atoms with E-state index in [-0.39, 0.29) is 26.1 Å². The van der Waals surface area contributed by atoms with Gasteiger partial charge in [-0.15, -0.1) is 0 Å². The minimum atomic E-state index is -6.15. The van der Waals surface area contributed by atoms with Crippen LogP contribution in [0.15, 0.2) is 0 Å². The van der Waals surface area contributed by atoms with Gasteiger partial charge in [0.1, 0.15) is 0 Å². The molecule has 0 bridgehead atoms. The van der Waals surface area contributed by atoms with E-state index in [1.807, 2.05) is 0 Å². The topological polar surface area (TPSA) is 69.7 Å². The molecular weight excluding hydrogens is 628 g/mol. The van der Waals surface area contributed by atoms with E-state index in [1.54, 1.807) is 0 Å². The van der Waals surface area contributed by atoms with Crippen molar-refractivity contribution in [1.29, 1.82) is 0 Å². The molecule has 1 heterocycles. The van der Waals surface area contributed by atoms with Crippen molar-refractivity contribution in [3.63, 3.8) is 0 Å². The van der Waals surface area contributed by atoms with E-state index in [0.29, 0.717) is 12.8 Å². The molecule has 1 aliphatic heterocycles. The quantitative estimate of drug-likeness (QED) is 0.0653. The molecule has 0 aromatic carbocycles. The summed E-state index contributed by atoms with van der Waals surface area (Å²) in [5, 5.41) is 0. The first-order chi connectivity index (χ1) is 21.2. The summed E-state index contributed by atoms with van der Waals surface area (Å²) < 4.78 is 23.9. The van der Waals surface area contributed by atoms with Gasteiger partial charge in [0.15, 0.2) is 0 Å². The number of unbranched alkanes of at least 4 members (excludes halogenated alkanes) is 22. The molecule has 1 rings (SSSR count). The van der Waals surface area contributed by atoms with Gasteiger partial charge in [-0.3, -0.25) is 0 Å². The van der Waals surface area contributed by atoms with Gasteiger partial charge in [-0.25, -0.2) is 0 Å². The summed E-state index contributed by atoms with van der Waals surface area (Å²) >= 11 is -6.15. The van der Waals surface area contributed by atoms with E-state index in [2.05, 4.69) is 27.7 Å². The molecule has 0 aromatic rings. The molecule has 0 saturated carbocycles. The van der Waals surface area contributed by atoms with Crippen LogP contribution in [0.3, 0.4) is 0 Å². The first-order valence-electron chi connectivity index (χ1n) is 19.4. The van der Waals surface area contributed by atoms with E-state index in [9.17, 15) is 12.4 Å². The fraction of sp³-hybridized carbons (Fsp3) is 0.947. The van der Waals surface area contributed by atoms with Crippen molar-refractivity contribution in [2.45, 2.75) is 207 Å². The van der Waals surface area contributed by atoms with Crippen LogP contribution in [0.4, 0.5) is 0 Å². The Bertz CT molecular complexity index is 726. The Kier molecular flexibility index (Phi) is 24.8. The SMILES string of the molecule is CC(C)CCCCCCCCCCCCCC[C](=O)[Zr]1(=[O])([C](=O)CCCCCCCCCCCCCCC(C)C)[O]CC[O]1. The molecule has 1 fully saturated rings. The zero-order valence-electron chi connectivity index (χ0n) is 29.9. The summed E-state index contributed by atoms with van der Waals surface area (Å²) in [6, 6.07) is 0. The number of carbonyl (C=O) groups excluding carboxylic acids is 2. The van der Waals surface area contributed by atoms with Gasteiger partial charge in [-0.1, -0.05) is 66.2 Å². The molecular formula is C38H74O5Zr. The predicted octanol–water partition coefficient (Wildman–Crippen LogP) is 12.2. The summed E-state index contributed by atoms with van der Waals surface area (Å²) in [6.07, 6.45) is 32.2. The average Bonchev–Trinajstić information content (AvgIpc) is 3.42. The van der Waals surface area contributed by atoms with Gasteiger partial charge < -0.3 is 0 Å². The molecule has 260 valence electrons. The maximum atomic E-state index is 13.9. The van der Waals surface area contributed by atoms with Crippen LogP contribution in [-0.2, 0) is 37.7 Å². The first kappa shape index (κ1) is 42.0. The normalized spacial score (nSPS) is 15.7. The second kappa shape index (κ2) is 26.0. The van der Waals surface area contributed by atoms with Crippen LogP contribution in [0.2, 0.25) is 0 Å². The Labute approximate surface area is 276 Å². The zero-order chi connectivity index (χ0) is 32.4. The summed E-state index contributed by atoms with van der Waals surface area (Å²) in [5.74, 6) is 1.66. The average molecular weight is 702 g/mol. The number of hydrogen-bond acceptors (Lipinski definition) is 5. The van der Waals surface area contributed by atoms with Crippen LogP contribution >= 0.6 is 0 Å². The Morgan fingerprint density at radius 2 is 0.659 bits per heavy atom. The van der Waals surface area contributed by atoms with E-state index in [4.69, 9.17) is 5.63 Å². The summed E-state index contributed by atoms with van der Waals surface area (Å²) in [4.78, 5) is 26.3. The Balaban J connectivity index is 2.09. The molecule has 0 N–H and O–H groups in total. The van der Waals surface area contributed by atoms with Gasteiger partial charge in [0.25, 0.3) is 0 Å². The van der Waals surface area contributed by atoms with Gasteiger partial charge in [-0.05, 0) is 11.8 Å². The van der Waals surface area contributed by atoms with Crippen molar-refractivity contribution in [1.82, 2.24) is 0 Å². The third kappa shape index (κ3) is 18.9. The minimum absolute atomic E-state index is 0.0993. The molecule has 0 amide bonds. The number of carbonyl (C=O) groups is 2. The molecule has 0 atom stereocenters. The molecule has 1 saturated heterocycles. The molecule has 0 spiro atoms. The van der Waals surface area contributed by atoms with Crippen molar-refractivity contribution in [3.05, 3.63) is 0 Å². The number of hydrogen-bond donors (Lipinski definition) is 0. The van der Waals surface area contributed by atoms with Crippen LogP contribution in [0.5, 0.6) is 0 Å². The van der Waals surface area contributed by atoms with Gasteiger partial charge in [0.05, 0.1) is 0 Å². The van der Waals surface area contributed by atoms with Crippen molar-refractivity contribution in [3.8, 4) is 0 Å². The number of rotatable bonds is 32. The van der Waals surface area contributed by atoms with Gasteiger partial charge >= 0.3 is 199 Å². The maximum absolute atomic E-state index is 13.9. The van der Waals surface area contributed by atoms with Crippen LogP contribution in [0.1, 0.15) is 207 Å². The molecule has 6 heteroatoms. The third-order valence-electron chi connectivity index (χ3n) is 9.64. The summed E-state index contributed by atoms with van der Waals surface area (Å²) in [6.45, 7) is 9.42. The van der Waals surface area contributed by atoms with Crippen molar-refractivity contribution in [2.24, 2.45) is 11.8 Å². The molecule has 0 radical (unpaired) electrons. The predicted molar refractivity (Wildman–Crippen MR) is 182 cm³/mol. The molecule has 5 nitrogen and oxygen atoms in total. The fourth-order valence-electron chi connectivity index (χ4n) is 6.62. The van der Waals surface area contributed by atoms with E-state index in [0.717, 1.165) is 37.5 Å². The van der Waals surface area contributed by atoms with Crippen LogP contribution < -0.4 is 0 Å². The standard InChI is InChI=1S/2C18H35O.C2H4O2.O.Zr/c2*1-18(2)16-14-12-10-8-6-4-3-5-7-9-11-13-15-17-19;3-1-2-4;;/h2*18H,3-16H2,1-2H3;1-2H2;;/q;;-2;;+2. The van der Waals surface area contributed by atoms with Gasteiger partial charge in [0.2, 0.25) is 0 Å². The summed E-state index contributed by atoms with van der Waals surface area (Å²) in [5.41, 5.74) is 0. The zero-order valence-corrected chi connectivity index (χ0v) is 32.4. The van der Waals surface area contributed by atoms with Crippen LogP contribution in [0.25, 0.3) is 0 Å². The molecule has 0 aromatic heterocycles. The Hall–Kier alpha value is -0.0569. The monoisotopic (exact) mass is 700 g/mol. The fourth-order valence-corrected chi connectivity index (χ4v) is 14.4. The second-order valence-electron chi connectivity index (χ2n) is 14.9. The summed E-state index contributed by atoms with van der Waals surface area (Å²) in [7, 11) is 0. The third-order valence-corrected chi connectivity index (χ3v) is 19.2. The second-order valence-corrected chi connectivity index (χ2v) is 23.9. The Morgan fingerprint density at radius 1 is 0.432 bits per heavy atom. The molecule has 1 aliphatic rings. The van der Waals surface area contributed by atoms with Crippen LogP contribution in [-0.4, -0.2) is 20.2 Å². The Morgan fingerprint density at radius 3 is 0.909 bits per heavy atom. The molecule has 44 heavy (non-hydrogen) atoms. The van der Waals surface area contributed by atoms with Crippen LogP contribution in [0, 0.1) is 11.8 Å². The van der Waals surface area contributed by atoms with Crippen molar-refractivity contribution >= 4 is 6.98 Å². The molecule has 0 unspecified atom stereocenters. The van der Waals surface area contributed by atoms with Crippen molar-refractivity contribution < 1.29 is 37.7 Å². The van der Waals surface area contributed by atoms with Crippen molar-refractivity contribution in [2.75, 3.05) is 13.2 Å². The first-order valence-corrected chi connectivity index (χ1v) is 24.9.